The number of anilines is 1. The summed E-state index contributed by atoms with van der Waals surface area (Å²) >= 11 is 0. The third-order valence-electron chi connectivity index (χ3n) is 5.98. The van der Waals surface area contributed by atoms with E-state index in [4.69, 9.17) is 13.9 Å². The molecule has 3 aromatic rings. The molecule has 0 saturated carbocycles. The molecule has 0 bridgehead atoms. The van der Waals surface area contributed by atoms with Crippen LogP contribution in [0, 0.1) is 0 Å². The van der Waals surface area contributed by atoms with Crippen LogP contribution in [0.2, 0.25) is 0 Å². The van der Waals surface area contributed by atoms with Crippen LogP contribution in [0.4, 0.5) is 10.5 Å². The molecule has 1 saturated heterocycles. The van der Waals surface area contributed by atoms with Crippen molar-refractivity contribution < 1.29 is 33.1 Å². The van der Waals surface area contributed by atoms with Crippen molar-refractivity contribution in [2.75, 3.05) is 18.7 Å². The number of hydrogen-bond acceptors (Lipinski definition) is 7. The quantitative estimate of drug-likeness (QED) is 0.432. The van der Waals surface area contributed by atoms with Gasteiger partial charge in [-0.2, -0.15) is 0 Å². The number of nitrogens with zero attached hydrogens (tertiary/aromatic N) is 1. The summed E-state index contributed by atoms with van der Waals surface area (Å²) in [6, 6.07) is 14.1. The maximum atomic E-state index is 13.2. The fraction of sp³-hybridized carbons (Fsp3) is 0.200. The van der Waals surface area contributed by atoms with Crippen LogP contribution in [0.15, 0.2) is 65.3 Å². The maximum absolute atomic E-state index is 13.2. The Morgan fingerprint density at radius 1 is 1.06 bits per heavy atom. The van der Waals surface area contributed by atoms with Crippen LogP contribution in [-0.4, -0.2) is 42.0 Å². The largest absolute Gasteiger partial charge is 0.467 e. The zero-order valence-corrected chi connectivity index (χ0v) is 19.2. The van der Waals surface area contributed by atoms with Crippen molar-refractivity contribution in [2.45, 2.75) is 19.0 Å². The second-order valence-electron chi connectivity index (χ2n) is 8.37. The van der Waals surface area contributed by atoms with Crippen molar-refractivity contribution in [3.8, 4) is 11.5 Å². The van der Waals surface area contributed by atoms with E-state index in [9.17, 15) is 19.2 Å². The first-order valence-electron chi connectivity index (χ1n) is 11.1. The molecule has 5 rings (SSSR count). The third-order valence-corrected chi connectivity index (χ3v) is 5.98. The van der Waals surface area contributed by atoms with Gasteiger partial charge < -0.3 is 29.8 Å². The first kappa shape index (κ1) is 23.0. The number of carbonyl (C=O) groups excluding carboxylic acids is 4. The van der Waals surface area contributed by atoms with Gasteiger partial charge in [0.1, 0.15) is 17.8 Å². The molecule has 0 spiro atoms. The van der Waals surface area contributed by atoms with Gasteiger partial charge in [-0.15, -0.1) is 0 Å². The lowest BCUT2D eigenvalue weighted by Gasteiger charge is -2.22. The molecule has 36 heavy (non-hydrogen) atoms. The Hall–Kier alpha value is -4.80. The van der Waals surface area contributed by atoms with Gasteiger partial charge in [0.25, 0.3) is 11.8 Å². The van der Waals surface area contributed by atoms with Gasteiger partial charge in [-0.25, -0.2) is 4.79 Å². The Morgan fingerprint density at radius 2 is 1.86 bits per heavy atom. The highest BCUT2D eigenvalue weighted by Crippen LogP contribution is 2.37. The van der Waals surface area contributed by atoms with Crippen LogP contribution in [0.25, 0.3) is 0 Å². The van der Waals surface area contributed by atoms with Gasteiger partial charge in [0, 0.05) is 0 Å². The van der Waals surface area contributed by atoms with Crippen LogP contribution in [-0.2, 0) is 21.7 Å². The molecule has 2 aliphatic heterocycles. The SMILES string of the molecule is C[C@@]1(c2ccc3c(c2)OCO3)NC(=O)N(CC(=O)Nc2ccccc2C(=O)NCc2ccco2)C1=O. The first-order chi connectivity index (χ1) is 17.3. The maximum Gasteiger partial charge on any atom is 0.325 e. The van der Waals surface area contributed by atoms with Gasteiger partial charge in [0.2, 0.25) is 12.7 Å². The van der Waals surface area contributed by atoms with Crippen molar-refractivity contribution in [1.29, 1.82) is 0 Å². The number of para-hydroxylation sites is 1. The zero-order valence-electron chi connectivity index (χ0n) is 19.2. The Bertz CT molecular complexity index is 1350. The Balaban J connectivity index is 1.27. The fourth-order valence-corrected chi connectivity index (χ4v) is 4.04. The Labute approximate surface area is 205 Å². The number of amides is 5. The predicted octanol–water partition coefficient (Wildman–Crippen LogP) is 2.34. The summed E-state index contributed by atoms with van der Waals surface area (Å²) < 4.78 is 15.9. The van der Waals surface area contributed by atoms with Crippen LogP contribution in [0.5, 0.6) is 11.5 Å². The third kappa shape index (κ3) is 4.22. The number of urea groups is 1. The average molecular weight is 490 g/mol. The molecular weight excluding hydrogens is 468 g/mol. The minimum Gasteiger partial charge on any atom is -0.467 e. The second-order valence-corrected chi connectivity index (χ2v) is 8.37. The molecule has 11 nitrogen and oxygen atoms in total. The normalized spacial score (nSPS) is 18.2. The lowest BCUT2D eigenvalue weighted by atomic mass is 9.91. The van der Waals surface area contributed by atoms with Gasteiger partial charge in [-0.1, -0.05) is 18.2 Å². The molecule has 2 aromatic carbocycles. The highest BCUT2D eigenvalue weighted by molar-refractivity contribution is 6.11. The number of carbonyl (C=O) groups is 4. The Kier molecular flexibility index (Phi) is 5.80. The summed E-state index contributed by atoms with van der Waals surface area (Å²) in [4.78, 5) is 52.2. The lowest BCUT2D eigenvalue weighted by molar-refractivity contribution is -0.133. The minimum atomic E-state index is -1.39. The van der Waals surface area contributed by atoms with E-state index < -0.39 is 35.8 Å². The van der Waals surface area contributed by atoms with Gasteiger partial charge in [0.15, 0.2) is 11.5 Å². The highest BCUT2D eigenvalue weighted by Gasteiger charge is 2.50. The van der Waals surface area contributed by atoms with E-state index in [0.717, 1.165) is 4.90 Å². The number of imide groups is 1. The van der Waals surface area contributed by atoms with E-state index in [1.807, 2.05) is 0 Å². The Morgan fingerprint density at radius 3 is 2.67 bits per heavy atom. The van der Waals surface area contributed by atoms with Crippen molar-refractivity contribution in [3.05, 3.63) is 77.7 Å². The highest BCUT2D eigenvalue weighted by atomic mass is 16.7. The molecule has 1 fully saturated rings. The smallest absolute Gasteiger partial charge is 0.325 e. The standard InChI is InChI=1S/C25H22N4O7/c1-25(15-8-9-19-20(11-15)36-14-35-19)23(32)29(24(33)28-25)13-21(30)27-18-7-3-2-6-17(18)22(31)26-12-16-5-4-10-34-16/h2-11H,12-14H2,1H3,(H,26,31)(H,27,30)(H,28,33)/t25-/m0/s1. The number of fused-ring (bicyclic) bond motifs is 1. The first-order valence-corrected chi connectivity index (χ1v) is 11.1. The minimum absolute atomic E-state index is 0.0739. The van der Waals surface area contributed by atoms with Crippen molar-refractivity contribution in [3.63, 3.8) is 0 Å². The van der Waals surface area contributed by atoms with Crippen molar-refractivity contribution >= 4 is 29.4 Å². The molecule has 1 atom stereocenters. The number of benzene rings is 2. The fourth-order valence-electron chi connectivity index (χ4n) is 4.04. The molecule has 5 amide bonds. The van der Waals surface area contributed by atoms with Crippen LogP contribution < -0.4 is 25.4 Å². The topological polar surface area (TPSA) is 139 Å². The molecule has 0 aliphatic carbocycles. The van der Waals surface area contributed by atoms with Crippen LogP contribution in [0.3, 0.4) is 0 Å². The molecule has 3 N–H and O–H groups in total. The molecule has 184 valence electrons. The van der Waals surface area contributed by atoms with Gasteiger partial charge in [0.05, 0.1) is 24.1 Å². The number of nitrogens with one attached hydrogen (secondary N) is 3. The van der Waals surface area contributed by atoms with Gasteiger partial charge in [-0.3, -0.25) is 19.3 Å². The number of furan rings is 1. The van der Waals surface area contributed by atoms with Crippen molar-refractivity contribution in [1.82, 2.24) is 15.5 Å². The predicted molar refractivity (Wildman–Crippen MR) is 125 cm³/mol. The molecule has 2 aliphatic rings. The summed E-state index contributed by atoms with van der Waals surface area (Å²) in [5.41, 5.74) is -0.432. The van der Waals surface area contributed by atoms with E-state index in [-0.39, 0.29) is 24.6 Å². The summed E-state index contributed by atoms with van der Waals surface area (Å²) in [6.07, 6.45) is 1.50. The van der Waals surface area contributed by atoms with Crippen LogP contribution in [0.1, 0.15) is 28.6 Å². The van der Waals surface area contributed by atoms with Crippen molar-refractivity contribution in [2.24, 2.45) is 0 Å². The van der Waals surface area contributed by atoms with Crippen LogP contribution >= 0.6 is 0 Å². The molecule has 0 unspecified atom stereocenters. The van der Waals surface area contributed by atoms with E-state index >= 15 is 0 Å². The van der Waals surface area contributed by atoms with Gasteiger partial charge in [-0.05, 0) is 48.9 Å². The number of hydrogen-bond donors (Lipinski definition) is 3. The summed E-state index contributed by atoms with van der Waals surface area (Å²) in [5.74, 6) is -0.0663. The zero-order chi connectivity index (χ0) is 25.3. The molecular formula is C25H22N4O7. The van der Waals surface area contributed by atoms with Gasteiger partial charge >= 0.3 is 6.03 Å². The molecule has 1 aromatic heterocycles. The van der Waals surface area contributed by atoms with E-state index in [1.165, 1.54) is 6.26 Å². The molecule has 0 radical (unpaired) electrons. The summed E-state index contributed by atoms with van der Waals surface area (Å²) in [6.45, 7) is 1.27. The second kappa shape index (κ2) is 9.10. The summed E-state index contributed by atoms with van der Waals surface area (Å²) in [5, 5.41) is 7.99. The van der Waals surface area contributed by atoms with E-state index in [1.54, 1.807) is 61.5 Å². The number of ether oxygens (including phenoxy) is 2. The molecule has 3 heterocycles. The number of rotatable bonds is 7. The van der Waals surface area contributed by atoms with E-state index in [0.29, 0.717) is 22.8 Å². The molecule has 11 heteroatoms. The average Bonchev–Trinajstić information content (AvgIpc) is 3.60. The lowest BCUT2D eigenvalue weighted by Crippen LogP contribution is -2.42. The monoisotopic (exact) mass is 490 g/mol. The van der Waals surface area contributed by atoms with E-state index in [2.05, 4.69) is 16.0 Å². The summed E-state index contributed by atoms with van der Waals surface area (Å²) in [7, 11) is 0.